The summed E-state index contributed by atoms with van der Waals surface area (Å²) in [5.41, 5.74) is 2.99. The minimum atomic E-state index is -0.116. The lowest BCUT2D eigenvalue weighted by Gasteiger charge is -2.11. The number of imidazole rings is 1. The molecule has 0 fully saturated rings. The summed E-state index contributed by atoms with van der Waals surface area (Å²) in [6.45, 7) is 3.17. The summed E-state index contributed by atoms with van der Waals surface area (Å²) < 4.78 is 5.86. The molecule has 0 atom stereocenters. The van der Waals surface area contributed by atoms with Gasteiger partial charge in [-0.1, -0.05) is 35.7 Å². The molecule has 1 aromatic carbocycles. The molecule has 0 saturated carbocycles. The molecule has 0 aliphatic heterocycles. The highest BCUT2D eigenvalue weighted by atomic mass is 32.1. The summed E-state index contributed by atoms with van der Waals surface area (Å²) in [5, 5.41) is 6.94. The second kappa shape index (κ2) is 7.15. The molecule has 1 N–H and O–H groups in total. The predicted octanol–water partition coefficient (Wildman–Crippen LogP) is 2.28. The van der Waals surface area contributed by atoms with Crippen LogP contribution in [0.1, 0.15) is 33.4 Å². The van der Waals surface area contributed by atoms with Gasteiger partial charge in [-0.05, 0) is 29.1 Å². The molecule has 0 bridgehead atoms. The summed E-state index contributed by atoms with van der Waals surface area (Å²) in [4.78, 5) is 16.9. The molecule has 0 unspecified atom stereocenters. The fourth-order valence-electron chi connectivity index (χ4n) is 2.33. The Morgan fingerprint density at radius 3 is 2.87 bits per heavy atom. The minimum Gasteiger partial charge on any atom is -0.347 e. The van der Waals surface area contributed by atoms with Crippen molar-refractivity contribution in [2.75, 3.05) is 0 Å². The Labute approximate surface area is 138 Å². The first-order valence-electron chi connectivity index (χ1n) is 7.40. The van der Waals surface area contributed by atoms with E-state index in [0.717, 1.165) is 34.9 Å². The number of benzene rings is 1. The van der Waals surface area contributed by atoms with Crippen molar-refractivity contribution in [3.8, 4) is 0 Å². The van der Waals surface area contributed by atoms with Gasteiger partial charge in [0, 0.05) is 25.5 Å². The van der Waals surface area contributed by atoms with E-state index in [1.54, 1.807) is 12.5 Å². The third kappa shape index (κ3) is 3.62. The summed E-state index contributed by atoms with van der Waals surface area (Å²) in [6.07, 6.45) is 6.17. The number of carbonyl (C=O) groups excluding carboxylic acids is 1. The van der Waals surface area contributed by atoms with Gasteiger partial charge in [-0.2, -0.15) is 0 Å². The average Bonchev–Trinajstić information content (AvgIpc) is 3.25. The van der Waals surface area contributed by atoms with Crippen LogP contribution in [0.4, 0.5) is 0 Å². The number of nitrogens with zero attached hydrogens (tertiary/aromatic N) is 4. The molecule has 3 rings (SSSR count). The number of aryl methyl sites for hydroxylation is 1. The average molecular weight is 327 g/mol. The van der Waals surface area contributed by atoms with Gasteiger partial charge in [0.1, 0.15) is 4.88 Å². The zero-order chi connectivity index (χ0) is 16.1. The Morgan fingerprint density at radius 2 is 2.13 bits per heavy atom. The van der Waals surface area contributed by atoms with Gasteiger partial charge in [-0.15, -0.1) is 5.10 Å². The molecular formula is C16H17N5OS. The Hall–Kier alpha value is -2.54. The van der Waals surface area contributed by atoms with Crippen LogP contribution >= 0.6 is 11.5 Å². The van der Waals surface area contributed by atoms with E-state index in [9.17, 15) is 4.79 Å². The van der Waals surface area contributed by atoms with Gasteiger partial charge in [0.15, 0.2) is 0 Å². The van der Waals surface area contributed by atoms with Crippen molar-refractivity contribution in [1.29, 1.82) is 0 Å². The van der Waals surface area contributed by atoms with Gasteiger partial charge in [0.05, 0.1) is 12.0 Å². The SMILES string of the molecule is CCc1nnsc1C(=O)NCc1ccccc1Cn1ccnc1. The van der Waals surface area contributed by atoms with Crippen LogP contribution < -0.4 is 5.32 Å². The number of aromatic nitrogens is 4. The van der Waals surface area contributed by atoms with Crippen LogP contribution in [0.25, 0.3) is 0 Å². The molecule has 1 amide bonds. The third-order valence-corrected chi connectivity index (χ3v) is 4.33. The number of hydrogen-bond acceptors (Lipinski definition) is 5. The van der Waals surface area contributed by atoms with E-state index in [4.69, 9.17) is 0 Å². The van der Waals surface area contributed by atoms with Crippen molar-refractivity contribution in [3.63, 3.8) is 0 Å². The van der Waals surface area contributed by atoms with Gasteiger partial charge in [-0.25, -0.2) is 4.98 Å². The molecule has 2 aromatic heterocycles. The molecule has 0 aliphatic carbocycles. The van der Waals surface area contributed by atoms with Crippen molar-refractivity contribution in [2.45, 2.75) is 26.4 Å². The van der Waals surface area contributed by atoms with Crippen LogP contribution in [0, 0.1) is 0 Å². The number of hydrogen-bond donors (Lipinski definition) is 1. The Bertz CT molecular complexity index is 781. The lowest BCUT2D eigenvalue weighted by molar-refractivity contribution is 0.0954. The maximum Gasteiger partial charge on any atom is 0.265 e. The van der Waals surface area contributed by atoms with Gasteiger partial charge in [0.2, 0.25) is 0 Å². The van der Waals surface area contributed by atoms with E-state index in [2.05, 4.69) is 26.0 Å². The second-order valence-corrected chi connectivity index (χ2v) is 5.84. The van der Waals surface area contributed by atoms with Crippen LogP contribution in [0.2, 0.25) is 0 Å². The quantitative estimate of drug-likeness (QED) is 0.754. The van der Waals surface area contributed by atoms with Crippen LogP contribution in [0.3, 0.4) is 0 Å². The number of carbonyl (C=O) groups is 1. The summed E-state index contributed by atoms with van der Waals surface area (Å²) in [7, 11) is 0. The molecule has 7 heteroatoms. The van der Waals surface area contributed by atoms with Crippen LogP contribution in [0.5, 0.6) is 0 Å². The van der Waals surface area contributed by atoms with E-state index >= 15 is 0 Å². The molecule has 6 nitrogen and oxygen atoms in total. The van der Waals surface area contributed by atoms with E-state index in [1.807, 2.05) is 35.9 Å². The molecule has 0 saturated heterocycles. The largest absolute Gasteiger partial charge is 0.347 e. The van der Waals surface area contributed by atoms with E-state index in [0.29, 0.717) is 17.8 Å². The van der Waals surface area contributed by atoms with Crippen molar-refractivity contribution < 1.29 is 4.79 Å². The van der Waals surface area contributed by atoms with Gasteiger partial charge in [0.25, 0.3) is 5.91 Å². The number of amides is 1. The summed E-state index contributed by atoms with van der Waals surface area (Å²) in [5.74, 6) is -0.116. The number of rotatable bonds is 6. The third-order valence-electron chi connectivity index (χ3n) is 3.57. The molecule has 23 heavy (non-hydrogen) atoms. The Morgan fingerprint density at radius 1 is 1.30 bits per heavy atom. The fraction of sp³-hybridized carbons (Fsp3) is 0.250. The first kappa shape index (κ1) is 15.4. The zero-order valence-electron chi connectivity index (χ0n) is 12.8. The van der Waals surface area contributed by atoms with E-state index in [1.165, 1.54) is 0 Å². The van der Waals surface area contributed by atoms with Crippen LogP contribution in [-0.2, 0) is 19.5 Å². The molecule has 2 heterocycles. The van der Waals surface area contributed by atoms with Crippen LogP contribution in [-0.4, -0.2) is 25.0 Å². The normalized spacial score (nSPS) is 10.7. The van der Waals surface area contributed by atoms with Crippen LogP contribution in [0.15, 0.2) is 43.0 Å². The highest BCUT2D eigenvalue weighted by molar-refractivity contribution is 7.08. The first-order valence-corrected chi connectivity index (χ1v) is 8.17. The van der Waals surface area contributed by atoms with Crippen molar-refractivity contribution in [3.05, 3.63) is 64.7 Å². The maximum absolute atomic E-state index is 12.3. The van der Waals surface area contributed by atoms with Gasteiger partial charge in [-0.3, -0.25) is 4.79 Å². The first-order chi connectivity index (χ1) is 11.3. The molecule has 0 radical (unpaired) electrons. The van der Waals surface area contributed by atoms with E-state index in [-0.39, 0.29) is 5.91 Å². The Kier molecular flexibility index (Phi) is 4.77. The maximum atomic E-state index is 12.3. The zero-order valence-corrected chi connectivity index (χ0v) is 13.6. The monoisotopic (exact) mass is 327 g/mol. The van der Waals surface area contributed by atoms with Crippen molar-refractivity contribution in [2.24, 2.45) is 0 Å². The predicted molar refractivity (Wildman–Crippen MR) is 88.2 cm³/mol. The molecule has 3 aromatic rings. The van der Waals surface area contributed by atoms with Crippen molar-refractivity contribution in [1.82, 2.24) is 24.5 Å². The van der Waals surface area contributed by atoms with E-state index < -0.39 is 0 Å². The second-order valence-electron chi connectivity index (χ2n) is 5.09. The van der Waals surface area contributed by atoms with Gasteiger partial charge < -0.3 is 9.88 Å². The summed E-state index contributed by atoms with van der Waals surface area (Å²) in [6, 6.07) is 8.07. The topological polar surface area (TPSA) is 72.7 Å². The van der Waals surface area contributed by atoms with Crippen molar-refractivity contribution >= 4 is 17.4 Å². The Balaban J connectivity index is 1.70. The highest BCUT2D eigenvalue weighted by Gasteiger charge is 2.15. The highest BCUT2D eigenvalue weighted by Crippen LogP contribution is 2.13. The number of nitrogens with one attached hydrogen (secondary N) is 1. The minimum absolute atomic E-state index is 0.116. The summed E-state index contributed by atoms with van der Waals surface area (Å²) >= 11 is 1.14. The van der Waals surface area contributed by atoms with Gasteiger partial charge >= 0.3 is 0 Å². The fourth-order valence-corrected chi connectivity index (χ4v) is 3.00. The molecule has 118 valence electrons. The lowest BCUT2D eigenvalue weighted by Crippen LogP contribution is -2.23. The molecule has 0 aliphatic rings. The standard InChI is InChI=1S/C16H17N5OS/c1-2-14-15(23-20-19-14)16(22)18-9-12-5-3-4-6-13(12)10-21-8-7-17-11-21/h3-8,11H,2,9-10H2,1H3,(H,18,22). The lowest BCUT2D eigenvalue weighted by atomic mass is 10.1. The smallest absolute Gasteiger partial charge is 0.265 e. The molecule has 0 spiro atoms. The molecular weight excluding hydrogens is 310 g/mol.